The molecule has 7 nitrogen and oxygen atoms in total. The second kappa shape index (κ2) is 10.8. The van der Waals surface area contributed by atoms with Crippen molar-refractivity contribution in [1.29, 1.82) is 0 Å². The van der Waals surface area contributed by atoms with Crippen LogP contribution in [0.5, 0.6) is 0 Å². The second-order valence-corrected chi connectivity index (χ2v) is 8.19. The quantitative estimate of drug-likeness (QED) is 0.567. The van der Waals surface area contributed by atoms with Gasteiger partial charge in [-0.2, -0.15) is 0 Å². The van der Waals surface area contributed by atoms with Crippen LogP contribution in [-0.2, 0) is 19.6 Å². The standard InChI is InChI=1S/C17H27N3O4S.ClH/c1-24-14-17(8-11-18-12-9-17)13-19-16(21)7-10-20-25(22,23)15-5-3-2-4-6-15;/h2-6,18,20H,7-14H2,1H3,(H,19,21);1H. The monoisotopic (exact) mass is 405 g/mol. The summed E-state index contributed by atoms with van der Waals surface area (Å²) in [7, 11) is -1.90. The molecule has 0 radical (unpaired) electrons. The first-order valence-corrected chi connectivity index (χ1v) is 9.97. The molecule has 2 rings (SSSR count). The zero-order chi connectivity index (χ0) is 18.2. The molecule has 0 aromatic heterocycles. The molecule has 0 saturated carbocycles. The van der Waals surface area contributed by atoms with Gasteiger partial charge >= 0.3 is 0 Å². The predicted octanol–water partition coefficient (Wildman–Crippen LogP) is 0.909. The Morgan fingerprint density at radius 1 is 1.23 bits per heavy atom. The van der Waals surface area contributed by atoms with Crippen LogP contribution in [0.1, 0.15) is 19.3 Å². The molecule has 26 heavy (non-hydrogen) atoms. The van der Waals surface area contributed by atoms with E-state index >= 15 is 0 Å². The molecule has 148 valence electrons. The highest BCUT2D eigenvalue weighted by atomic mass is 35.5. The van der Waals surface area contributed by atoms with Crippen LogP contribution in [0.3, 0.4) is 0 Å². The van der Waals surface area contributed by atoms with Crippen LogP contribution in [0.4, 0.5) is 0 Å². The van der Waals surface area contributed by atoms with Crippen LogP contribution in [-0.4, -0.2) is 54.2 Å². The maximum Gasteiger partial charge on any atom is 0.240 e. The number of carbonyl (C=O) groups is 1. The number of carbonyl (C=O) groups excluding carboxylic acids is 1. The molecule has 1 aliphatic rings. The molecule has 3 N–H and O–H groups in total. The van der Waals surface area contributed by atoms with E-state index in [9.17, 15) is 13.2 Å². The van der Waals surface area contributed by atoms with E-state index in [2.05, 4.69) is 15.4 Å². The molecule has 9 heteroatoms. The van der Waals surface area contributed by atoms with E-state index < -0.39 is 10.0 Å². The van der Waals surface area contributed by atoms with Crippen molar-refractivity contribution in [2.45, 2.75) is 24.2 Å². The van der Waals surface area contributed by atoms with Gasteiger partial charge in [0.1, 0.15) is 0 Å². The SMILES string of the molecule is COCC1(CNC(=O)CCNS(=O)(=O)c2ccccc2)CCNCC1.Cl. The number of sulfonamides is 1. The highest BCUT2D eigenvalue weighted by molar-refractivity contribution is 7.89. The number of hydrogen-bond acceptors (Lipinski definition) is 5. The number of ether oxygens (including phenoxy) is 1. The molecule has 0 atom stereocenters. The topological polar surface area (TPSA) is 96.5 Å². The summed E-state index contributed by atoms with van der Waals surface area (Å²) in [5, 5.41) is 6.23. The minimum atomic E-state index is -3.57. The lowest BCUT2D eigenvalue weighted by Gasteiger charge is -2.37. The number of benzene rings is 1. The van der Waals surface area contributed by atoms with Crippen LogP contribution < -0.4 is 15.4 Å². The van der Waals surface area contributed by atoms with Gasteiger partial charge in [0.25, 0.3) is 0 Å². The maximum absolute atomic E-state index is 12.1. The molecule has 0 spiro atoms. The summed E-state index contributed by atoms with van der Waals surface area (Å²) in [6, 6.07) is 8.12. The summed E-state index contributed by atoms with van der Waals surface area (Å²) in [6.45, 7) is 3.05. The van der Waals surface area contributed by atoms with Crippen molar-refractivity contribution in [1.82, 2.24) is 15.4 Å². The Morgan fingerprint density at radius 3 is 2.50 bits per heavy atom. The highest BCUT2D eigenvalue weighted by Crippen LogP contribution is 2.28. The Balaban J connectivity index is 0.00000338. The molecule has 0 bridgehead atoms. The second-order valence-electron chi connectivity index (χ2n) is 6.42. The average Bonchev–Trinajstić information content (AvgIpc) is 2.62. The van der Waals surface area contributed by atoms with Gasteiger partial charge in [-0.05, 0) is 38.1 Å². The van der Waals surface area contributed by atoms with Gasteiger partial charge in [-0.1, -0.05) is 18.2 Å². The first-order valence-electron chi connectivity index (χ1n) is 8.49. The molecule has 0 unspecified atom stereocenters. The lowest BCUT2D eigenvalue weighted by molar-refractivity contribution is -0.121. The largest absolute Gasteiger partial charge is 0.384 e. The van der Waals surface area contributed by atoms with Crippen molar-refractivity contribution in [3.05, 3.63) is 30.3 Å². The number of piperidine rings is 1. The Bertz CT molecular complexity index is 644. The Labute approximate surface area is 161 Å². The molecular formula is C17H28ClN3O4S. The fourth-order valence-corrected chi connectivity index (χ4v) is 4.04. The lowest BCUT2D eigenvalue weighted by atomic mass is 9.79. The number of halogens is 1. The number of amides is 1. The van der Waals surface area contributed by atoms with Gasteiger partial charge in [-0.25, -0.2) is 13.1 Å². The van der Waals surface area contributed by atoms with E-state index in [1.807, 2.05) is 0 Å². The van der Waals surface area contributed by atoms with Crippen molar-refractivity contribution in [2.24, 2.45) is 5.41 Å². The number of nitrogens with one attached hydrogen (secondary N) is 3. The van der Waals surface area contributed by atoms with Crippen LogP contribution >= 0.6 is 12.4 Å². The van der Waals surface area contributed by atoms with Gasteiger partial charge in [-0.15, -0.1) is 12.4 Å². The van der Waals surface area contributed by atoms with Crippen LogP contribution in [0.25, 0.3) is 0 Å². The fourth-order valence-electron chi connectivity index (χ4n) is 2.99. The first-order chi connectivity index (χ1) is 12.0. The third-order valence-corrected chi connectivity index (χ3v) is 5.95. The van der Waals surface area contributed by atoms with Crippen LogP contribution in [0.15, 0.2) is 35.2 Å². The summed E-state index contributed by atoms with van der Waals surface area (Å²) < 4.78 is 32.0. The van der Waals surface area contributed by atoms with E-state index in [1.54, 1.807) is 25.3 Å². The molecule has 1 amide bonds. The molecule has 1 fully saturated rings. The van der Waals surface area contributed by atoms with Crippen LogP contribution in [0, 0.1) is 5.41 Å². The first kappa shape index (κ1) is 22.9. The summed E-state index contributed by atoms with van der Waals surface area (Å²) in [5.41, 5.74) is -0.0425. The van der Waals surface area contributed by atoms with Gasteiger partial charge in [-0.3, -0.25) is 4.79 Å². The van der Waals surface area contributed by atoms with E-state index in [0.29, 0.717) is 13.2 Å². The smallest absolute Gasteiger partial charge is 0.240 e. The number of methoxy groups -OCH3 is 1. The number of hydrogen-bond donors (Lipinski definition) is 3. The van der Waals surface area contributed by atoms with Crippen molar-refractivity contribution in [3.63, 3.8) is 0 Å². The van der Waals surface area contributed by atoms with Crippen molar-refractivity contribution < 1.29 is 17.9 Å². The summed E-state index contributed by atoms with van der Waals surface area (Å²) in [6.07, 6.45) is 2.00. The molecule has 1 aliphatic heterocycles. The average molecular weight is 406 g/mol. The van der Waals surface area contributed by atoms with Gasteiger partial charge in [0.2, 0.25) is 15.9 Å². The molecule has 1 saturated heterocycles. The van der Waals surface area contributed by atoms with E-state index in [4.69, 9.17) is 4.74 Å². The molecule has 0 aliphatic carbocycles. The highest BCUT2D eigenvalue weighted by Gasteiger charge is 2.32. The Morgan fingerprint density at radius 2 is 1.88 bits per heavy atom. The fraction of sp³-hybridized carbons (Fsp3) is 0.588. The number of rotatable bonds is 9. The summed E-state index contributed by atoms with van der Waals surface area (Å²) >= 11 is 0. The third kappa shape index (κ3) is 6.85. The molecule has 1 aromatic carbocycles. The minimum absolute atomic E-state index is 0. The van der Waals surface area contributed by atoms with Crippen molar-refractivity contribution in [3.8, 4) is 0 Å². The van der Waals surface area contributed by atoms with E-state index in [-0.39, 0.29) is 41.6 Å². The lowest BCUT2D eigenvalue weighted by Crippen LogP contribution is -2.47. The molecular weight excluding hydrogens is 378 g/mol. The van der Waals surface area contributed by atoms with E-state index in [0.717, 1.165) is 25.9 Å². The third-order valence-electron chi connectivity index (χ3n) is 4.47. The Kier molecular flexibility index (Phi) is 9.52. The van der Waals surface area contributed by atoms with Gasteiger partial charge in [0.15, 0.2) is 0 Å². The van der Waals surface area contributed by atoms with Crippen molar-refractivity contribution >= 4 is 28.3 Å². The minimum Gasteiger partial charge on any atom is -0.384 e. The van der Waals surface area contributed by atoms with Crippen LogP contribution in [0.2, 0.25) is 0 Å². The molecule has 1 heterocycles. The van der Waals surface area contributed by atoms with Gasteiger partial charge in [0.05, 0.1) is 11.5 Å². The summed E-state index contributed by atoms with van der Waals surface area (Å²) in [4.78, 5) is 12.3. The normalized spacial score (nSPS) is 16.5. The van der Waals surface area contributed by atoms with Gasteiger partial charge in [0, 0.05) is 32.0 Å². The zero-order valence-electron chi connectivity index (χ0n) is 15.0. The predicted molar refractivity (Wildman–Crippen MR) is 103 cm³/mol. The maximum atomic E-state index is 12.1. The van der Waals surface area contributed by atoms with Crippen molar-refractivity contribution in [2.75, 3.05) is 39.9 Å². The Hall–Kier alpha value is -1.19. The van der Waals surface area contributed by atoms with Gasteiger partial charge < -0.3 is 15.4 Å². The van der Waals surface area contributed by atoms with E-state index in [1.165, 1.54) is 12.1 Å². The summed E-state index contributed by atoms with van der Waals surface area (Å²) in [5.74, 6) is -0.162. The molecule has 1 aromatic rings. The zero-order valence-corrected chi connectivity index (χ0v) is 16.6.